The maximum Gasteiger partial charge on any atom is 0.274 e. The number of amidine groups is 1. The molecule has 0 bridgehead atoms. The molecule has 0 N–H and O–H groups in total. The number of Topliss-reactive ketones (excluding diaryl/α,β-unsaturated/α-hetero) is 1. The van der Waals surface area contributed by atoms with Gasteiger partial charge in [-0.25, -0.2) is 4.99 Å². The Labute approximate surface area is 201 Å². The van der Waals surface area contributed by atoms with Crippen LogP contribution in [0.2, 0.25) is 0 Å². The number of aliphatic imine (C=N–C) groups is 1. The zero-order chi connectivity index (χ0) is 23.1. The topological polar surface area (TPSA) is 53.0 Å². The van der Waals surface area contributed by atoms with Crippen molar-refractivity contribution >= 4 is 57.4 Å². The number of ketones is 1. The number of amides is 1. The van der Waals surface area contributed by atoms with Crippen molar-refractivity contribution < 1.29 is 9.59 Å². The maximum atomic E-state index is 13.7. The number of rotatable bonds is 3. The van der Waals surface area contributed by atoms with Crippen LogP contribution in [0.15, 0.2) is 92.6 Å². The summed E-state index contributed by atoms with van der Waals surface area (Å²) in [6.07, 6.45) is 0. The van der Waals surface area contributed by atoms with E-state index in [1.165, 1.54) is 18.7 Å². The number of nitrogens with zero attached hydrogens (tertiary/aromatic N) is 3. The molecule has 7 heteroatoms. The number of carbonyl (C=O) groups is 2. The lowest BCUT2D eigenvalue weighted by Crippen LogP contribution is -2.29. The summed E-state index contributed by atoms with van der Waals surface area (Å²) in [5.74, 6) is -0.124. The molecule has 1 fully saturated rings. The highest BCUT2D eigenvalue weighted by atomic mass is 32.2. The first-order valence-corrected chi connectivity index (χ1v) is 12.1. The van der Waals surface area contributed by atoms with Crippen molar-refractivity contribution in [1.29, 1.82) is 0 Å². The van der Waals surface area contributed by atoms with E-state index in [0.29, 0.717) is 21.3 Å². The number of hydrogen-bond acceptors (Lipinski definition) is 6. The number of benzene rings is 3. The van der Waals surface area contributed by atoms with E-state index in [2.05, 4.69) is 17.0 Å². The molecule has 164 valence electrons. The lowest BCUT2D eigenvalue weighted by Gasteiger charge is -2.17. The van der Waals surface area contributed by atoms with Crippen LogP contribution < -0.4 is 9.80 Å². The molecule has 0 unspecified atom stereocenters. The standard InChI is InChI=1S/C26H21N3O2S2/c1-16-8-6-11-20(14-16)29-24(31)23(25-28(3)21-12-4-5-13-22(21)32-25)33-26(29)27-19-10-7-9-18(15-19)17(2)30/h4-15H,1-3H3/b25-23-,27-26?. The van der Waals surface area contributed by atoms with Crippen LogP contribution >= 0.6 is 23.5 Å². The van der Waals surface area contributed by atoms with Gasteiger partial charge in [-0.3, -0.25) is 14.5 Å². The van der Waals surface area contributed by atoms with Crippen molar-refractivity contribution in [3.05, 3.63) is 93.9 Å². The molecule has 0 atom stereocenters. The van der Waals surface area contributed by atoms with E-state index < -0.39 is 0 Å². The van der Waals surface area contributed by atoms with E-state index in [0.717, 1.165) is 26.9 Å². The van der Waals surface area contributed by atoms with Crippen molar-refractivity contribution in [1.82, 2.24) is 0 Å². The first-order chi connectivity index (χ1) is 15.9. The number of aryl methyl sites for hydroxylation is 1. The van der Waals surface area contributed by atoms with Gasteiger partial charge >= 0.3 is 0 Å². The fourth-order valence-corrected chi connectivity index (χ4v) is 6.12. The van der Waals surface area contributed by atoms with Gasteiger partial charge in [0.15, 0.2) is 11.0 Å². The van der Waals surface area contributed by atoms with Crippen molar-refractivity contribution in [2.45, 2.75) is 18.7 Å². The molecule has 0 radical (unpaired) electrons. The zero-order valence-electron chi connectivity index (χ0n) is 18.4. The van der Waals surface area contributed by atoms with Crippen LogP contribution in [0.4, 0.5) is 17.1 Å². The van der Waals surface area contributed by atoms with E-state index in [1.807, 2.05) is 62.5 Å². The highest BCUT2D eigenvalue weighted by Gasteiger charge is 2.40. The van der Waals surface area contributed by atoms with Crippen LogP contribution in [0.3, 0.4) is 0 Å². The molecule has 0 aliphatic carbocycles. The first kappa shape index (κ1) is 21.6. The number of anilines is 2. The number of hydrogen-bond donors (Lipinski definition) is 0. The average Bonchev–Trinajstić information content (AvgIpc) is 3.30. The summed E-state index contributed by atoms with van der Waals surface area (Å²) in [7, 11) is 1.98. The molecular weight excluding hydrogens is 450 g/mol. The zero-order valence-corrected chi connectivity index (χ0v) is 20.0. The highest BCUT2D eigenvalue weighted by Crippen LogP contribution is 2.50. The molecule has 0 aromatic heterocycles. The minimum absolute atomic E-state index is 0.0210. The van der Waals surface area contributed by atoms with Crippen LogP contribution in [0.1, 0.15) is 22.8 Å². The molecule has 2 aliphatic rings. The maximum absolute atomic E-state index is 13.7. The largest absolute Gasteiger partial charge is 0.337 e. The van der Waals surface area contributed by atoms with Crippen molar-refractivity contribution in [2.75, 3.05) is 16.8 Å². The Bertz CT molecular complexity index is 1360. The summed E-state index contributed by atoms with van der Waals surface area (Å²) in [6.45, 7) is 3.54. The summed E-state index contributed by atoms with van der Waals surface area (Å²) in [5.41, 5.74) is 4.14. The van der Waals surface area contributed by atoms with E-state index >= 15 is 0 Å². The van der Waals surface area contributed by atoms with Gasteiger partial charge < -0.3 is 4.90 Å². The van der Waals surface area contributed by atoms with Gasteiger partial charge in [0.05, 0.1) is 22.1 Å². The molecule has 3 aromatic carbocycles. The van der Waals surface area contributed by atoms with E-state index in [1.54, 1.807) is 28.8 Å². The van der Waals surface area contributed by atoms with Gasteiger partial charge in [-0.15, -0.1) is 0 Å². The monoisotopic (exact) mass is 471 g/mol. The summed E-state index contributed by atoms with van der Waals surface area (Å²) in [4.78, 5) is 35.9. The predicted octanol–water partition coefficient (Wildman–Crippen LogP) is 6.38. The van der Waals surface area contributed by atoms with Crippen LogP contribution in [-0.2, 0) is 4.79 Å². The number of para-hydroxylation sites is 1. The van der Waals surface area contributed by atoms with Gasteiger partial charge in [-0.2, -0.15) is 0 Å². The van der Waals surface area contributed by atoms with E-state index in [9.17, 15) is 9.59 Å². The van der Waals surface area contributed by atoms with Gasteiger partial charge in [-0.1, -0.05) is 48.2 Å². The molecule has 5 nitrogen and oxygen atoms in total. The summed E-state index contributed by atoms with van der Waals surface area (Å²) in [6, 6.07) is 23.1. The smallest absolute Gasteiger partial charge is 0.274 e. The third kappa shape index (κ3) is 3.98. The van der Waals surface area contributed by atoms with E-state index in [-0.39, 0.29) is 11.7 Å². The van der Waals surface area contributed by atoms with Crippen molar-refractivity contribution in [2.24, 2.45) is 4.99 Å². The Morgan fingerprint density at radius 2 is 1.73 bits per heavy atom. The number of fused-ring (bicyclic) bond motifs is 1. The Morgan fingerprint density at radius 3 is 2.48 bits per heavy atom. The second-order valence-corrected chi connectivity index (χ2v) is 9.85. The van der Waals surface area contributed by atoms with Crippen LogP contribution in [0, 0.1) is 6.92 Å². The minimum atomic E-state index is -0.103. The molecule has 1 amide bonds. The summed E-state index contributed by atoms with van der Waals surface area (Å²) in [5, 5.41) is 1.46. The minimum Gasteiger partial charge on any atom is -0.337 e. The number of thioether (sulfide) groups is 2. The Kier molecular flexibility index (Phi) is 5.60. The van der Waals surface area contributed by atoms with Gasteiger partial charge in [-0.05, 0) is 67.6 Å². The Morgan fingerprint density at radius 1 is 0.939 bits per heavy atom. The van der Waals surface area contributed by atoms with Crippen LogP contribution in [0.5, 0.6) is 0 Å². The third-order valence-electron chi connectivity index (χ3n) is 5.45. The number of carbonyl (C=O) groups excluding carboxylic acids is 2. The fraction of sp³-hybridized carbons (Fsp3) is 0.115. The SMILES string of the molecule is CC(=O)c1cccc(N=C2S/C(=C3\Sc4ccccc4N3C)C(=O)N2c2cccc(C)c2)c1. The molecule has 0 spiro atoms. The van der Waals surface area contributed by atoms with Gasteiger partial charge in [0.2, 0.25) is 0 Å². The second kappa shape index (κ2) is 8.57. The lowest BCUT2D eigenvalue weighted by molar-refractivity contribution is -0.113. The average molecular weight is 472 g/mol. The molecular formula is C26H21N3O2S2. The Balaban J connectivity index is 1.62. The van der Waals surface area contributed by atoms with Gasteiger partial charge in [0.25, 0.3) is 5.91 Å². The summed E-state index contributed by atoms with van der Waals surface area (Å²) >= 11 is 2.96. The van der Waals surface area contributed by atoms with Crippen molar-refractivity contribution in [3.8, 4) is 0 Å². The van der Waals surface area contributed by atoms with Crippen molar-refractivity contribution in [3.63, 3.8) is 0 Å². The quantitative estimate of drug-likeness (QED) is 0.328. The molecule has 5 rings (SSSR count). The second-order valence-electron chi connectivity index (χ2n) is 7.85. The molecule has 2 heterocycles. The summed E-state index contributed by atoms with van der Waals surface area (Å²) < 4.78 is 0. The molecule has 2 aliphatic heterocycles. The molecule has 1 saturated heterocycles. The van der Waals surface area contributed by atoms with Crippen LogP contribution in [-0.4, -0.2) is 23.9 Å². The first-order valence-electron chi connectivity index (χ1n) is 10.5. The van der Waals surface area contributed by atoms with Gasteiger partial charge in [0, 0.05) is 17.5 Å². The molecule has 33 heavy (non-hydrogen) atoms. The van der Waals surface area contributed by atoms with Gasteiger partial charge in [0.1, 0.15) is 4.91 Å². The van der Waals surface area contributed by atoms with Crippen LogP contribution in [0.25, 0.3) is 0 Å². The lowest BCUT2D eigenvalue weighted by atomic mass is 10.1. The normalized spacial score (nSPS) is 18.9. The predicted molar refractivity (Wildman–Crippen MR) is 138 cm³/mol. The fourth-order valence-electron chi connectivity index (χ4n) is 3.78. The highest BCUT2D eigenvalue weighted by molar-refractivity contribution is 8.20. The molecule has 0 saturated carbocycles. The molecule has 3 aromatic rings. The Hall–Kier alpha value is -3.29. The third-order valence-corrected chi connectivity index (χ3v) is 7.85. The van der Waals surface area contributed by atoms with E-state index in [4.69, 9.17) is 4.99 Å².